The molecule has 2 aliphatic heterocycles. The molecule has 7 nitrogen and oxygen atoms in total. The van der Waals surface area contributed by atoms with E-state index >= 15 is 0 Å². The summed E-state index contributed by atoms with van der Waals surface area (Å²) < 4.78 is 0. The number of amides is 4. The van der Waals surface area contributed by atoms with Crippen LogP contribution in [0.3, 0.4) is 0 Å². The molecule has 41 heavy (non-hydrogen) atoms. The van der Waals surface area contributed by atoms with Crippen LogP contribution in [0.15, 0.2) is 90.5 Å². The molecule has 0 bridgehead atoms. The van der Waals surface area contributed by atoms with E-state index in [9.17, 15) is 24.3 Å². The van der Waals surface area contributed by atoms with Crippen molar-refractivity contribution in [3.63, 3.8) is 0 Å². The van der Waals surface area contributed by atoms with E-state index in [1.807, 2.05) is 25.1 Å². The van der Waals surface area contributed by atoms with Crippen LogP contribution in [0.5, 0.6) is 5.75 Å². The molecule has 3 fully saturated rings. The molecule has 6 atom stereocenters. The molecule has 0 radical (unpaired) electrons. The van der Waals surface area contributed by atoms with Gasteiger partial charge in [0, 0.05) is 10.9 Å². The smallest absolute Gasteiger partial charge is 0.241 e. The fourth-order valence-corrected chi connectivity index (χ4v) is 8.05. The van der Waals surface area contributed by atoms with Gasteiger partial charge in [0.05, 0.1) is 34.5 Å². The number of nitrogens with zero attached hydrogens (tertiary/aromatic N) is 2. The number of halogens is 1. The lowest BCUT2D eigenvalue weighted by Gasteiger charge is -2.49. The highest BCUT2D eigenvalue weighted by atomic mass is 35.5. The predicted molar refractivity (Wildman–Crippen MR) is 153 cm³/mol. The highest BCUT2D eigenvalue weighted by molar-refractivity contribution is 6.32. The Hall–Kier alpha value is -4.23. The molecule has 6 unspecified atom stereocenters. The average Bonchev–Trinajstić information content (AvgIpc) is 3.34. The fourth-order valence-electron chi connectivity index (χ4n) is 7.76. The molecule has 1 N–H and O–H groups in total. The molecule has 4 amide bonds. The van der Waals surface area contributed by atoms with Gasteiger partial charge in [0.1, 0.15) is 5.75 Å². The summed E-state index contributed by atoms with van der Waals surface area (Å²) in [6, 6.07) is 22.4. The first-order chi connectivity index (χ1) is 19.7. The SMILES string of the molecule is CC12C(=O)N(c3ccccc3)C(=O)C1CC1C(=CCC3C(=O)N(c4ccccc4)C(=O)C31)C2c1ccc(O)cc1Cl. The Morgan fingerprint density at radius 1 is 0.805 bits per heavy atom. The Morgan fingerprint density at radius 3 is 2.07 bits per heavy atom. The van der Waals surface area contributed by atoms with Crippen molar-refractivity contribution < 1.29 is 24.3 Å². The van der Waals surface area contributed by atoms with Crippen molar-refractivity contribution in [2.45, 2.75) is 25.7 Å². The molecular weight excluding hydrogens is 540 g/mol. The summed E-state index contributed by atoms with van der Waals surface area (Å²) in [5.74, 6) is -4.17. The average molecular weight is 567 g/mol. The molecule has 3 aromatic carbocycles. The van der Waals surface area contributed by atoms with Crippen LogP contribution in [-0.4, -0.2) is 28.7 Å². The van der Waals surface area contributed by atoms with Gasteiger partial charge in [0.15, 0.2) is 0 Å². The maximum atomic E-state index is 14.3. The minimum absolute atomic E-state index is 0.0136. The molecule has 206 valence electrons. The number of fused-ring (bicyclic) bond motifs is 4. The van der Waals surface area contributed by atoms with E-state index in [0.29, 0.717) is 23.4 Å². The number of hydrogen-bond acceptors (Lipinski definition) is 5. The normalized spacial score (nSPS) is 30.7. The Bertz CT molecular complexity index is 1650. The first kappa shape index (κ1) is 25.7. The van der Waals surface area contributed by atoms with E-state index in [0.717, 1.165) is 5.57 Å². The number of hydrogen-bond donors (Lipinski definition) is 1. The van der Waals surface area contributed by atoms with Crippen molar-refractivity contribution in [3.05, 3.63) is 101 Å². The van der Waals surface area contributed by atoms with Crippen LogP contribution in [0, 0.1) is 29.1 Å². The number of phenolic OH excluding ortho intramolecular Hbond substituents is 1. The van der Waals surface area contributed by atoms with Gasteiger partial charge in [-0.2, -0.15) is 0 Å². The molecule has 2 aliphatic carbocycles. The van der Waals surface area contributed by atoms with E-state index in [-0.39, 0.29) is 40.8 Å². The number of carbonyl (C=O) groups is 4. The molecule has 8 heteroatoms. The van der Waals surface area contributed by atoms with Gasteiger partial charge in [-0.1, -0.05) is 65.7 Å². The maximum Gasteiger partial charge on any atom is 0.241 e. The third-order valence-electron chi connectivity index (χ3n) is 9.60. The standard InChI is InChI=1S/C33H27ClN2O5/c1-33-25(30(39)36(32(33)41)19-10-6-3-7-11-19)17-24-21(28(33)22-13-12-20(37)16-26(22)34)14-15-23-27(24)31(40)35(29(23)38)18-8-4-2-5-9-18/h2-14,16,23-25,27-28,37H,15,17H2,1H3. The van der Waals surface area contributed by atoms with Crippen molar-refractivity contribution >= 4 is 46.6 Å². The van der Waals surface area contributed by atoms with Gasteiger partial charge < -0.3 is 5.11 Å². The summed E-state index contributed by atoms with van der Waals surface area (Å²) in [4.78, 5) is 58.6. The number of aromatic hydroxyl groups is 1. The second-order valence-corrected chi connectivity index (χ2v) is 12.0. The lowest BCUT2D eigenvalue weighted by atomic mass is 9.51. The van der Waals surface area contributed by atoms with Crippen LogP contribution < -0.4 is 9.80 Å². The number of allylic oxidation sites excluding steroid dienone is 2. The predicted octanol–water partition coefficient (Wildman–Crippen LogP) is 5.48. The van der Waals surface area contributed by atoms with Gasteiger partial charge in [-0.05, 0) is 67.6 Å². The van der Waals surface area contributed by atoms with Gasteiger partial charge in [-0.15, -0.1) is 0 Å². The van der Waals surface area contributed by atoms with E-state index in [1.165, 1.54) is 21.9 Å². The monoisotopic (exact) mass is 566 g/mol. The summed E-state index contributed by atoms with van der Waals surface area (Å²) in [5, 5.41) is 10.4. The first-order valence-corrected chi connectivity index (χ1v) is 14.2. The largest absolute Gasteiger partial charge is 0.508 e. The zero-order valence-electron chi connectivity index (χ0n) is 22.2. The number of para-hydroxylation sites is 2. The van der Waals surface area contributed by atoms with Crippen LogP contribution in [-0.2, 0) is 19.2 Å². The third kappa shape index (κ3) is 3.51. The molecular formula is C33H27ClN2O5. The van der Waals surface area contributed by atoms with E-state index < -0.39 is 35.0 Å². The lowest BCUT2D eigenvalue weighted by molar-refractivity contribution is -0.131. The Morgan fingerprint density at radius 2 is 1.44 bits per heavy atom. The van der Waals surface area contributed by atoms with E-state index in [2.05, 4.69) is 0 Å². The van der Waals surface area contributed by atoms with Crippen molar-refractivity contribution in [1.29, 1.82) is 0 Å². The molecule has 2 heterocycles. The minimum atomic E-state index is -1.19. The second-order valence-electron chi connectivity index (χ2n) is 11.6. The van der Waals surface area contributed by atoms with Gasteiger partial charge in [0.25, 0.3) is 0 Å². The number of imide groups is 2. The Kier molecular flexibility index (Phi) is 5.74. The first-order valence-electron chi connectivity index (χ1n) is 13.8. The fraction of sp³-hybridized carbons (Fsp3) is 0.273. The zero-order chi connectivity index (χ0) is 28.6. The number of benzene rings is 3. The van der Waals surface area contributed by atoms with Crippen molar-refractivity contribution in [3.8, 4) is 5.75 Å². The minimum Gasteiger partial charge on any atom is -0.508 e. The van der Waals surface area contributed by atoms with Gasteiger partial charge >= 0.3 is 0 Å². The Balaban J connectivity index is 1.39. The number of rotatable bonds is 3. The van der Waals surface area contributed by atoms with Crippen LogP contribution in [0.2, 0.25) is 5.02 Å². The third-order valence-corrected chi connectivity index (χ3v) is 9.93. The van der Waals surface area contributed by atoms with E-state index in [1.54, 1.807) is 54.6 Å². The highest BCUT2D eigenvalue weighted by Crippen LogP contribution is 2.64. The van der Waals surface area contributed by atoms with Crippen LogP contribution >= 0.6 is 11.6 Å². The van der Waals surface area contributed by atoms with E-state index in [4.69, 9.17) is 11.6 Å². The molecule has 1 saturated carbocycles. The highest BCUT2D eigenvalue weighted by Gasteiger charge is 2.67. The molecule has 4 aliphatic rings. The molecule has 0 spiro atoms. The maximum absolute atomic E-state index is 14.3. The molecule has 7 rings (SSSR count). The van der Waals surface area contributed by atoms with Crippen LogP contribution in [0.1, 0.15) is 31.2 Å². The summed E-state index contributed by atoms with van der Waals surface area (Å²) in [5.41, 5.74) is 1.29. The van der Waals surface area contributed by atoms with Crippen molar-refractivity contribution in [2.75, 3.05) is 9.80 Å². The van der Waals surface area contributed by atoms with Gasteiger partial charge in [0.2, 0.25) is 23.6 Å². The summed E-state index contributed by atoms with van der Waals surface area (Å²) >= 11 is 6.72. The topological polar surface area (TPSA) is 95.0 Å². The molecule has 2 saturated heterocycles. The van der Waals surface area contributed by atoms with Gasteiger partial charge in [-0.25, -0.2) is 4.90 Å². The summed E-state index contributed by atoms with van der Waals surface area (Å²) in [6.07, 6.45) is 2.61. The number of anilines is 2. The Labute approximate surface area is 242 Å². The second kappa shape index (κ2) is 9.14. The quantitative estimate of drug-likeness (QED) is 0.334. The van der Waals surface area contributed by atoms with Crippen molar-refractivity contribution in [1.82, 2.24) is 0 Å². The number of phenols is 1. The number of carbonyl (C=O) groups excluding carboxylic acids is 4. The van der Waals surface area contributed by atoms with Crippen molar-refractivity contribution in [2.24, 2.45) is 29.1 Å². The summed E-state index contributed by atoms with van der Waals surface area (Å²) in [7, 11) is 0. The van der Waals surface area contributed by atoms with Crippen LogP contribution in [0.25, 0.3) is 0 Å². The zero-order valence-corrected chi connectivity index (χ0v) is 23.0. The lowest BCUT2D eigenvalue weighted by Crippen LogP contribution is -2.49. The van der Waals surface area contributed by atoms with Crippen LogP contribution in [0.4, 0.5) is 11.4 Å². The molecule has 3 aromatic rings. The summed E-state index contributed by atoms with van der Waals surface area (Å²) in [6.45, 7) is 1.82. The molecule has 0 aromatic heterocycles. The van der Waals surface area contributed by atoms with Gasteiger partial charge in [-0.3, -0.25) is 24.1 Å².